The van der Waals surface area contributed by atoms with Crippen LogP contribution in [0.2, 0.25) is 0 Å². The van der Waals surface area contributed by atoms with Gasteiger partial charge in [-0.2, -0.15) is 0 Å². The smallest absolute Gasteiger partial charge is 0.337 e. The molecule has 2 heterocycles. The summed E-state index contributed by atoms with van der Waals surface area (Å²) in [6.45, 7) is 3.36. The lowest BCUT2D eigenvalue weighted by atomic mass is 10.0. The van der Waals surface area contributed by atoms with Gasteiger partial charge < -0.3 is 14.6 Å². The van der Waals surface area contributed by atoms with Gasteiger partial charge in [0.2, 0.25) is 0 Å². The van der Waals surface area contributed by atoms with Crippen molar-refractivity contribution < 1.29 is 14.4 Å². The van der Waals surface area contributed by atoms with Crippen molar-refractivity contribution in [3.63, 3.8) is 0 Å². The second-order valence-corrected chi connectivity index (χ2v) is 3.64. The Balaban J connectivity index is 2.71. The maximum absolute atomic E-state index is 11.7. The lowest BCUT2D eigenvalue weighted by Gasteiger charge is -2.00. The third kappa shape index (κ3) is 1.84. The topological polar surface area (TPSA) is 96.2 Å². The van der Waals surface area contributed by atoms with Gasteiger partial charge in [-0.05, 0) is 19.9 Å². The van der Waals surface area contributed by atoms with Crippen molar-refractivity contribution in [2.75, 3.05) is 0 Å². The first kappa shape index (κ1) is 11.1. The summed E-state index contributed by atoms with van der Waals surface area (Å²) in [5, 5.41) is 12.6. The number of aromatic carboxylic acids is 1. The lowest BCUT2D eigenvalue weighted by Crippen LogP contribution is -2.12. The Morgan fingerprint density at radius 1 is 1.47 bits per heavy atom. The predicted octanol–water partition coefficient (Wildman–Crippen LogP) is 1.34. The molecule has 88 valence electrons. The van der Waals surface area contributed by atoms with Gasteiger partial charge in [0, 0.05) is 6.20 Å². The third-order valence-corrected chi connectivity index (χ3v) is 2.45. The number of hydrogen-bond acceptors (Lipinski definition) is 4. The number of H-pyrrole nitrogens is 1. The molecule has 6 nitrogen and oxygen atoms in total. The van der Waals surface area contributed by atoms with E-state index in [0.717, 1.165) is 6.20 Å². The highest BCUT2D eigenvalue weighted by molar-refractivity contribution is 5.89. The van der Waals surface area contributed by atoms with E-state index in [1.807, 2.05) is 0 Å². The van der Waals surface area contributed by atoms with Crippen LogP contribution in [-0.2, 0) is 0 Å². The zero-order chi connectivity index (χ0) is 12.6. The molecule has 0 amide bonds. The molecular weight excluding hydrogens is 224 g/mol. The summed E-state index contributed by atoms with van der Waals surface area (Å²) in [7, 11) is 0. The molecule has 0 aromatic carbocycles. The summed E-state index contributed by atoms with van der Waals surface area (Å²) >= 11 is 0. The summed E-state index contributed by atoms with van der Waals surface area (Å²) in [5.41, 5.74) is 0.982. The van der Waals surface area contributed by atoms with E-state index in [2.05, 4.69) is 10.1 Å². The van der Waals surface area contributed by atoms with Gasteiger partial charge in [0.05, 0.1) is 22.4 Å². The molecular formula is C11H10N2O4. The number of carboxylic acid groups (broad SMARTS) is 1. The molecule has 0 spiro atoms. The summed E-state index contributed by atoms with van der Waals surface area (Å²) in [6.07, 6.45) is 1.16. The van der Waals surface area contributed by atoms with Crippen molar-refractivity contribution in [1.82, 2.24) is 10.1 Å². The molecule has 0 bridgehead atoms. The summed E-state index contributed by atoms with van der Waals surface area (Å²) in [4.78, 5) is 24.9. The van der Waals surface area contributed by atoms with Gasteiger partial charge in [-0.15, -0.1) is 0 Å². The second kappa shape index (κ2) is 3.89. The molecule has 2 rings (SSSR count). The number of carboxylic acids is 1. The van der Waals surface area contributed by atoms with E-state index in [1.54, 1.807) is 13.8 Å². The Morgan fingerprint density at radius 3 is 2.71 bits per heavy atom. The highest BCUT2D eigenvalue weighted by Crippen LogP contribution is 2.24. The number of rotatable bonds is 2. The van der Waals surface area contributed by atoms with Crippen molar-refractivity contribution in [3.05, 3.63) is 39.6 Å². The number of carbonyl (C=O) groups is 1. The zero-order valence-electron chi connectivity index (χ0n) is 9.27. The molecule has 0 aliphatic heterocycles. The number of pyridine rings is 1. The molecule has 0 aliphatic rings. The first-order valence-corrected chi connectivity index (χ1v) is 4.90. The molecule has 6 heteroatoms. The van der Waals surface area contributed by atoms with Gasteiger partial charge >= 0.3 is 5.97 Å². The van der Waals surface area contributed by atoms with Crippen LogP contribution in [0.1, 0.15) is 21.8 Å². The van der Waals surface area contributed by atoms with Gasteiger partial charge in [-0.3, -0.25) is 4.79 Å². The van der Waals surface area contributed by atoms with E-state index in [4.69, 9.17) is 9.63 Å². The van der Waals surface area contributed by atoms with Gasteiger partial charge in [0.25, 0.3) is 5.56 Å². The first-order valence-electron chi connectivity index (χ1n) is 4.90. The standard InChI is InChI=1S/C11H10N2O4/c1-5-9(6(2)17-13-5)8-3-7(11(15)16)4-12-10(8)14/h3-4H,1-2H3,(H,12,14)(H,15,16). The van der Waals surface area contributed by atoms with Crippen LogP contribution < -0.4 is 5.56 Å². The Morgan fingerprint density at radius 2 is 2.18 bits per heavy atom. The number of aromatic amines is 1. The zero-order valence-corrected chi connectivity index (χ0v) is 9.27. The van der Waals surface area contributed by atoms with Crippen LogP contribution in [0.4, 0.5) is 0 Å². The lowest BCUT2D eigenvalue weighted by molar-refractivity contribution is 0.0696. The molecule has 0 aliphatic carbocycles. The Labute approximate surface area is 95.9 Å². The summed E-state index contributed by atoms with van der Waals surface area (Å²) < 4.78 is 4.95. The molecule has 2 aromatic heterocycles. The average molecular weight is 234 g/mol. The van der Waals surface area contributed by atoms with Crippen molar-refractivity contribution in [2.24, 2.45) is 0 Å². The molecule has 2 N–H and O–H groups in total. The van der Waals surface area contributed by atoms with E-state index >= 15 is 0 Å². The van der Waals surface area contributed by atoms with Crippen LogP contribution in [0.15, 0.2) is 21.6 Å². The monoisotopic (exact) mass is 234 g/mol. The van der Waals surface area contributed by atoms with E-state index < -0.39 is 5.97 Å². The summed E-state index contributed by atoms with van der Waals surface area (Å²) in [5.74, 6) is -0.621. The van der Waals surface area contributed by atoms with Crippen LogP contribution in [0.5, 0.6) is 0 Å². The second-order valence-electron chi connectivity index (χ2n) is 3.64. The van der Waals surface area contributed by atoms with Crippen molar-refractivity contribution in [2.45, 2.75) is 13.8 Å². The van der Waals surface area contributed by atoms with Crippen LogP contribution >= 0.6 is 0 Å². The van der Waals surface area contributed by atoms with E-state index in [0.29, 0.717) is 17.0 Å². The van der Waals surface area contributed by atoms with Gasteiger partial charge in [0.1, 0.15) is 5.76 Å². The van der Waals surface area contributed by atoms with E-state index in [9.17, 15) is 9.59 Å². The Kier molecular flexibility index (Phi) is 2.55. The predicted molar refractivity (Wildman–Crippen MR) is 59.0 cm³/mol. The number of hydrogen-bond donors (Lipinski definition) is 2. The third-order valence-electron chi connectivity index (χ3n) is 2.45. The van der Waals surface area contributed by atoms with E-state index in [-0.39, 0.29) is 16.7 Å². The van der Waals surface area contributed by atoms with Gasteiger partial charge in [0.15, 0.2) is 0 Å². The van der Waals surface area contributed by atoms with Crippen LogP contribution in [0.3, 0.4) is 0 Å². The average Bonchev–Trinajstić information content (AvgIpc) is 2.59. The van der Waals surface area contributed by atoms with Gasteiger partial charge in [-0.25, -0.2) is 4.79 Å². The SMILES string of the molecule is Cc1noc(C)c1-c1cc(C(=O)O)c[nH]c1=O. The molecule has 0 saturated heterocycles. The number of nitrogens with zero attached hydrogens (tertiary/aromatic N) is 1. The van der Waals surface area contributed by atoms with Crippen molar-refractivity contribution >= 4 is 5.97 Å². The normalized spacial score (nSPS) is 10.5. The highest BCUT2D eigenvalue weighted by Gasteiger charge is 2.16. The quantitative estimate of drug-likeness (QED) is 0.817. The minimum atomic E-state index is -1.10. The fourth-order valence-electron chi connectivity index (χ4n) is 1.66. The highest BCUT2D eigenvalue weighted by atomic mass is 16.5. The fraction of sp³-hybridized carbons (Fsp3) is 0.182. The molecule has 2 aromatic rings. The van der Waals surface area contributed by atoms with E-state index in [1.165, 1.54) is 6.07 Å². The van der Waals surface area contributed by atoms with Crippen molar-refractivity contribution in [1.29, 1.82) is 0 Å². The Hall–Kier alpha value is -2.37. The van der Waals surface area contributed by atoms with Gasteiger partial charge in [-0.1, -0.05) is 5.16 Å². The number of aryl methyl sites for hydroxylation is 2. The van der Waals surface area contributed by atoms with Crippen molar-refractivity contribution in [3.8, 4) is 11.1 Å². The molecule has 0 atom stereocenters. The molecule has 0 unspecified atom stereocenters. The fourth-order valence-corrected chi connectivity index (χ4v) is 1.66. The van der Waals surface area contributed by atoms with Crippen LogP contribution in [-0.4, -0.2) is 21.2 Å². The first-order chi connectivity index (χ1) is 8.00. The minimum absolute atomic E-state index is 0.0135. The maximum atomic E-state index is 11.7. The molecule has 0 fully saturated rings. The molecule has 17 heavy (non-hydrogen) atoms. The summed E-state index contributed by atoms with van der Waals surface area (Å²) in [6, 6.07) is 1.31. The van der Waals surface area contributed by atoms with Crippen LogP contribution in [0, 0.1) is 13.8 Å². The Bertz CT molecular complexity index is 620. The largest absolute Gasteiger partial charge is 0.478 e. The minimum Gasteiger partial charge on any atom is -0.478 e. The maximum Gasteiger partial charge on any atom is 0.337 e. The molecule has 0 saturated carbocycles. The molecule has 0 radical (unpaired) electrons. The number of nitrogens with one attached hydrogen (secondary N) is 1. The van der Waals surface area contributed by atoms with Crippen LogP contribution in [0.25, 0.3) is 11.1 Å². The number of aromatic nitrogens is 2.